The van der Waals surface area contributed by atoms with Crippen molar-refractivity contribution >= 4 is 27.0 Å². The van der Waals surface area contributed by atoms with Crippen molar-refractivity contribution in [2.75, 3.05) is 26.2 Å². The van der Waals surface area contributed by atoms with E-state index in [0.29, 0.717) is 30.7 Å². The van der Waals surface area contributed by atoms with Crippen LogP contribution in [0, 0.1) is 13.8 Å². The van der Waals surface area contributed by atoms with E-state index in [-0.39, 0.29) is 29.5 Å². The Balaban J connectivity index is 1.52. The van der Waals surface area contributed by atoms with Gasteiger partial charge < -0.3 is 9.32 Å². The Hall–Kier alpha value is -2.91. The van der Waals surface area contributed by atoms with E-state index in [4.69, 9.17) is 4.42 Å². The number of aromatic nitrogens is 1. The van der Waals surface area contributed by atoms with Gasteiger partial charge in [-0.15, -0.1) is 0 Å². The number of benzene rings is 2. The molecule has 0 saturated carbocycles. The fourth-order valence-electron chi connectivity index (χ4n) is 4.01. The van der Waals surface area contributed by atoms with Gasteiger partial charge in [0.05, 0.1) is 10.4 Å². The Bertz CT molecular complexity index is 1310. The number of piperazine rings is 1. The molecule has 164 valence electrons. The molecule has 2 aromatic carbocycles. The summed E-state index contributed by atoms with van der Waals surface area (Å²) in [4.78, 5) is 26.5. The molecule has 1 fully saturated rings. The first-order valence-electron chi connectivity index (χ1n) is 10.2. The van der Waals surface area contributed by atoms with Crippen molar-refractivity contribution in [1.29, 1.82) is 0 Å². The monoisotopic (exact) mass is 443 g/mol. The Morgan fingerprint density at radius 1 is 1.03 bits per heavy atom. The average Bonchev–Trinajstić information content (AvgIpc) is 3.07. The van der Waals surface area contributed by atoms with Gasteiger partial charge in [-0.25, -0.2) is 13.2 Å². The van der Waals surface area contributed by atoms with E-state index in [9.17, 15) is 18.0 Å². The lowest BCUT2D eigenvalue weighted by molar-refractivity contribution is 0.0697. The van der Waals surface area contributed by atoms with Gasteiger partial charge in [0.2, 0.25) is 10.0 Å². The number of sulfonamides is 1. The minimum atomic E-state index is -3.77. The van der Waals surface area contributed by atoms with Gasteiger partial charge in [0.15, 0.2) is 5.58 Å². The molecule has 0 unspecified atom stereocenters. The summed E-state index contributed by atoms with van der Waals surface area (Å²) in [6.07, 6.45) is 0. The Kier molecular flexibility index (Phi) is 5.49. The van der Waals surface area contributed by atoms with Crippen molar-refractivity contribution in [1.82, 2.24) is 13.8 Å². The summed E-state index contributed by atoms with van der Waals surface area (Å²) < 4.78 is 34.3. The highest BCUT2D eigenvalue weighted by molar-refractivity contribution is 7.89. The quantitative estimate of drug-likeness (QED) is 0.617. The van der Waals surface area contributed by atoms with Crippen molar-refractivity contribution in [3.05, 3.63) is 63.6 Å². The van der Waals surface area contributed by atoms with Crippen LogP contribution in [-0.2, 0) is 16.6 Å². The van der Waals surface area contributed by atoms with Gasteiger partial charge in [-0.1, -0.05) is 17.7 Å². The van der Waals surface area contributed by atoms with Gasteiger partial charge in [0, 0.05) is 44.4 Å². The first-order chi connectivity index (χ1) is 14.7. The summed E-state index contributed by atoms with van der Waals surface area (Å²) >= 11 is 0. The third-order valence-corrected chi connectivity index (χ3v) is 7.63. The number of fused-ring (bicyclic) bond motifs is 1. The molecule has 4 rings (SSSR count). The van der Waals surface area contributed by atoms with Crippen LogP contribution >= 0.6 is 0 Å². The highest BCUT2D eigenvalue weighted by Gasteiger charge is 2.31. The summed E-state index contributed by atoms with van der Waals surface area (Å²) in [6.45, 7) is 7.18. The zero-order valence-electron chi connectivity index (χ0n) is 17.8. The normalized spacial score (nSPS) is 15.5. The maximum absolute atomic E-state index is 13.1. The number of carbonyl (C=O) groups is 1. The zero-order chi connectivity index (χ0) is 22.3. The largest absolute Gasteiger partial charge is 0.419 e. The van der Waals surface area contributed by atoms with Gasteiger partial charge in [-0.2, -0.15) is 4.31 Å². The van der Waals surface area contributed by atoms with Crippen LogP contribution < -0.4 is 5.76 Å². The van der Waals surface area contributed by atoms with Gasteiger partial charge >= 0.3 is 5.76 Å². The topological polar surface area (TPSA) is 92.8 Å². The van der Waals surface area contributed by atoms with Crippen LogP contribution in [0.15, 0.2) is 50.5 Å². The summed E-state index contributed by atoms with van der Waals surface area (Å²) in [5.74, 6) is -0.593. The fourth-order valence-corrected chi connectivity index (χ4v) is 5.45. The van der Waals surface area contributed by atoms with Crippen LogP contribution in [0.4, 0.5) is 0 Å². The molecule has 2 heterocycles. The highest BCUT2D eigenvalue weighted by atomic mass is 32.2. The molecule has 1 aliphatic rings. The molecule has 0 N–H and O–H groups in total. The van der Waals surface area contributed by atoms with E-state index in [1.165, 1.54) is 21.0 Å². The van der Waals surface area contributed by atoms with Gasteiger partial charge in [0.1, 0.15) is 0 Å². The van der Waals surface area contributed by atoms with Crippen molar-refractivity contribution in [2.45, 2.75) is 32.2 Å². The second kappa shape index (κ2) is 7.97. The molecule has 8 nitrogen and oxygen atoms in total. The first-order valence-corrected chi connectivity index (χ1v) is 11.7. The molecule has 1 aromatic heterocycles. The Morgan fingerprint density at radius 3 is 2.39 bits per heavy atom. The molecule has 3 aromatic rings. The van der Waals surface area contributed by atoms with E-state index < -0.39 is 15.8 Å². The molecular formula is C22H25N3O5S. The maximum atomic E-state index is 13.1. The maximum Gasteiger partial charge on any atom is 0.419 e. The number of oxazole rings is 1. The number of hydrogen-bond donors (Lipinski definition) is 0. The average molecular weight is 444 g/mol. The Morgan fingerprint density at radius 2 is 1.74 bits per heavy atom. The number of hydrogen-bond acceptors (Lipinski definition) is 5. The van der Waals surface area contributed by atoms with Gasteiger partial charge in [-0.3, -0.25) is 9.36 Å². The molecule has 1 saturated heterocycles. The molecule has 0 aliphatic carbocycles. The SMILES string of the molecule is CCn1c(=O)oc2cc(S(=O)(=O)N3CCN(C(=O)c4ccc(C)cc4C)CC3)ccc21. The standard InChI is InChI=1S/C22H25N3O5S/c1-4-25-19-8-6-17(14-20(19)30-22(25)27)31(28,29)24-11-9-23(10-12-24)21(26)18-7-5-15(2)13-16(18)3/h5-8,13-14H,4,9-12H2,1-3H3. The van der Waals surface area contributed by atoms with Gasteiger partial charge in [0.25, 0.3) is 5.91 Å². The number of carbonyl (C=O) groups excluding carboxylic acids is 1. The zero-order valence-corrected chi connectivity index (χ0v) is 18.6. The van der Waals surface area contributed by atoms with Gasteiger partial charge in [-0.05, 0) is 44.5 Å². The van der Waals surface area contributed by atoms with E-state index >= 15 is 0 Å². The van der Waals surface area contributed by atoms with E-state index in [1.807, 2.05) is 39.0 Å². The summed E-state index contributed by atoms with van der Waals surface area (Å²) in [7, 11) is -3.77. The Labute approximate surface area is 180 Å². The molecule has 1 aliphatic heterocycles. The molecule has 1 amide bonds. The smallest absolute Gasteiger partial charge is 0.408 e. The summed E-state index contributed by atoms with van der Waals surface area (Å²) in [5.41, 5.74) is 3.45. The third kappa shape index (κ3) is 3.79. The van der Waals surface area contributed by atoms with Crippen LogP contribution in [0.3, 0.4) is 0 Å². The highest BCUT2D eigenvalue weighted by Crippen LogP contribution is 2.23. The lowest BCUT2D eigenvalue weighted by atomic mass is 10.0. The predicted octanol–water partition coefficient (Wildman–Crippen LogP) is 2.38. The molecule has 31 heavy (non-hydrogen) atoms. The van der Waals surface area contributed by atoms with Crippen molar-refractivity contribution in [2.24, 2.45) is 0 Å². The molecule has 0 radical (unpaired) electrons. The number of nitrogens with zero attached hydrogens (tertiary/aromatic N) is 3. The summed E-state index contributed by atoms with van der Waals surface area (Å²) in [6, 6.07) is 10.2. The first kappa shape index (κ1) is 21.3. The molecule has 0 spiro atoms. The second-order valence-corrected chi connectivity index (χ2v) is 9.69. The van der Waals surface area contributed by atoms with Crippen LogP contribution in [0.25, 0.3) is 11.1 Å². The molecule has 9 heteroatoms. The van der Waals surface area contributed by atoms with Crippen molar-refractivity contribution in [3.8, 4) is 0 Å². The lowest BCUT2D eigenvalue weighted by Crippen LogP contribution is -2.50. The van der Waals surface area contributed by atoms with E-state index in [1.54, 1.807) is 11.0 Å². The van der Waals surface area contributed by atoms with Crippen LogP contribution in [0.1, 0.15) is 28.4 Å². The van der Waals surface area contributed by atoms with Crippen LogP contribution in [0.2, 0.25) is 0 Å². The fraction of sp³-hybridized carbons (Fsp3) is 0.364. The predicted molar refractivity (Wildman–Crippen MR) is 117 cm³/mol. The van der Waals surface area contributed by atoms with E-state index in [0.717, 1.165) is 11.1 Å². The van der Waals surface area contributed by atoms with Crippen LogP contribution in [0.5, 0.6) is 0 Å². The molecule has 0 bridgehead atoms. The molecule has 0 atom stereocenters. The van der Waals surface area contributed by atoms with E-state index in [2.05, 4.69) is 0 Å². The number of amides is 1. The van der Waals surface area contributed by atoms with Crippen LogP contribution in [-0.4, -0.2) is 54.3 Å². The third-order valence-electron chi connectivity index (χ3n) is 5.73. The minimum absolute atomic E-state index is 0.0751. The number of aryl methyl sites for hydroxylation is 3. The van der Waals surface area contributed by atoms with Crippen molar-refractivity contribution < 1.29 is 17.6 Å². The number of rotatable bonds is 4. The molecular weight excluding hydrogens is 418 g/mol. The van der Waals surface area contributed by atoms with Crippen molar-refractivity contribution in [3.63, 3.8) is 0 Å². The summed E-state index contributed by atoms with van der Waals surface area (Å²) in [5, 5.41) is 0. The lowest BCUT2D eigenvalue weighted by Gasteiger charge is -2.34. The minimum Gasteiger partial charge on any atom is -0.408 e. The second-order valence-electron chi connectivity index (χ2n) is 7.76.